The maximum Gasteiger partial charge on any atom is 0.248 e. The third-order valence-electron chi connectivity index (χ3n) is 5.00. The van der Waals surface area contributed by atoms with Crippen molar-refractivity contribution in [2.45, 2.75) is 25.4 Å². The smallest absolute Gasteiger partial charge is 0.248 e. The van der Waals surface area contributed by atoms with E-state index in [1.807, 2.05) is 23.1 Å². The van der Waals surface area contributed by atoms with Crippen LogP contribution in [0.4, 0.5) is 0 Å². The van der Waals surface area contributed by atoms with Crippen molar-refractivity contribution in [3.05, 3.63) is 42.0 Å². The van der Waals surface area contributed by atoms with Gasteiger partial charge in [-0.1, -0.05) is 42.5 Å². The predicted molar refractivity (Wildman–Crippen MR) is 103 cm³/mol. The highest BCUT2D eigenvalue weighted by atomic mass is 16.5. The number of carbonyl (C=O) groups excluding carboxylic acids is 1. The van der Waals surface area contributed by atoms with Crippen molar-refractivity contribution < 1.29 is 14.3 Å². The van der Waals surface area contributed by atoms with Crippen molar-refractivity contribution >= 4 is 12.0 Å². The lowest BCUT2D eigenvalue weighted by molar-refractivity contribution is -0.139. The summed E-state index contributed by atoms with van der Waals surface area (Å²) >= 11 is 0. The third-order valence-corrected chi connectivity index (χ3v) is 5.00. The highest BCUT2D eigenvalue weighted by Gasteiger charge is 2.21. The van der Waals surface area contributed by atoms with Gasteiger partial charge in [-0.3, -0.25) is 9.69 Å². The molecule has 0 N–H and O–H groups in total. The van der Waals surface area contributed by atoms with Gasteiger partial charge in [-0.25, -0.2) is 0 Å². The Morgan fingerprint density at radius 1 is 1.15 bits per heavy atom. The minimum atomic E-state index is 0.0975. The predicted octanol–water partition coefficient (Wildman–Crippen LogP) is 2.43. The maximum atomic E-state index is 12.3. The number of rotatable bonds is 7. The van der Waals surface area contributed by atoms with Crippen molar-refractivity contribution in [3.8, 4) is 0 Å². The fourth-order valence-corrected chi connectivity index (χ4v) is 3.39. The zero-order valence-electron chi connectivity index (χ0n) is 15.5. The van der Waals surface area contributed by atoms with Crippen molar-refractivity contribution in [2.24, 2.45) is 0 Å². The van der Waals surface area contributed by atoms with Crippen LogP contribution in [0.15, 0.2) is 36.4 Å². The first-order chi connectivity index (χ1) is 12.8. The van der Waals surface area contributed by atoms with Crippen molar-refractivity contribution in [2.75, 3.05) is 52.5 Å². The summed E-state index contributed by atoms with van der Waals surface area (Å²) < 4.78 is 11.2. The Morgan fingerprint density at radius 3 is 2.69 bits per heavy atom. The molecule has 2 aliphatic heterocycles. The van der Waals surface area contributed by atoms with Crippen molar-refractivity contribution in [1.29, 1.82) is 0 Å². The lowest BCUT2D eigenvalue weighted by atomic mass is 10.1. The van der Waals surface area contributed by atoms with E-state index in [2.05, 4.69) is 29.2 Å². The van der Waals surface area contributed by atoms with E-state index in [-0.39, 0.29) is 18.6 Å². The van der Waals surface area contributed by atoms with E-state index in [9.17, 15) is 4.79 Å². The fourth-order valence-electron chi connectivity index (χ4n) is 3.39. The highest BCUT2D eigenvalue weighted by molar-refractivity contribution is 5.77. The summed E-state index contributed by atoms with van der Waals surface area (Å²) in [5, 5.41) is 0. The summed E-state index contributed by atoms with van der Waals surface area (Å²) in [5.74, 6) is 0.0975. The summed E-state index contributed by atoms with van der Waals surface area (Å²) in [5.41, 5.74) is 1.22. The van der Waals surface area contributed by atoms with Crippen LogP contribution < -0.4 is 0 Å². The molecule has 1 amide bonds. The van der Waals surface area contributed by atoms with Gasteiger partial charge in [0, 0.05) is 39.3 Å². The van der Waals surface area contributed by atoms with Crippen LogP contribution in [-0.2, 0) is 14.3 Å². The molecule has 0 saturated carbocycles. The summed E-state index contributed by atoms with van der Waals surface area (Å²) in [7, 11) is 0. The third kappa shape index (κ3) is 6.24. The standard InChI is InChI=1S/C21H30N2O3/c24-21(18-25-17-20-10-4-5-16-26-20)23-14-12-22(13-15-23)11-6-9-19-7-2-1-3-8-19/h1-3,6-9,20H,4-5,10-18H2/b9-6+. The number of hydrogen-bond acceptors (Lipinski definition) is 4. The number of piperazine rings is 1. The fraction of sp³-hybridized carbons (Fsp3) is 0.571. The molecule has 2 fully saturated rings. The second kappa shape index (κ2) is 10.5. The van der Waals surface area contributed by atoms with Crippen LogP contribution in [0.2, 0.25) is 0 Å². The average Bonchev–Trinajstić information content (AvgIpc) is 2.70. The van der Waals surface area contributed by atoms with Gasteiger partial charge in [0.1, 0.15) is 6.61 Å². The molecule has 1 atom stereocenters. The van der Waals surface area contributed by atoms with Gasteiger partial charge in [0.25, 0.3) is 0 Å². The molecule has 0 aliphatic carbocycles. The van der Waals surface area contributed by atoms with E-state index in [0.29, 0.717) is 6.61 Å². The van der Waals surface area contributed by atoms with Crippen LogP contribution in [0.3, 0.4) is 0 Å². The second-order valence-electron chi connectivity index (χ2n) is 7.00. The number of carbonyl (C=O) groups is 1. The first kappa shape index (κ1) is 19.1. The molecule has 1 unspecified atom stereocenters. The molecule has 0 spiro atoms. The van der Waals surface area contributed by atoms with Gasteiger partial charge in [0.05, 0.1) is 12.7 Å². The van der Waals surface area contributed by atoms with E-state index in [0.717, 1.165) is 52.2 Å². The molecule has 5 nitrogen and oxygen atoms in total. The van der Waals surface area contributed by atoms with Gasteiger partial charge in [0.15, 0.2) is 0 Å². The molecule has 2 heterocycles. The maximum absolute atomic E-state index is 12.3. The van der Waals surface area contributed by atoms with Gasteiger partial charge < -0.3 is 14.4 Å². The lowest BCUT2D eigenvalue weighted by Crippen LogP contribution is -2.49. The van der Waals surface area contributed by atoms with Crippen molar-refractivity contribution in [3.63, 3.8) is 0 Å². The minimum Gasteiger partial charge on any atom is -0.376 e. The molecule has 5 heteroatoms. The topological polar surface area (TPSA) is 42.0 Å². The number of nitrogens with zero attached hydrogens (tertiary/aromatic N) is 2. The first-order valence-corrected chi connectivity index (χ1v) is 9.72. The highest BCUT2D eigenvalue weighted by Crippen LogP contribution is 2.13. The Bertz CT molecular complexity index is 562. The van der Waals surface area contributed by atoms with Crippen molar-refractivity contribution in [1.82, 2.24) is 9.80 Å². The molecule has 2 aliphatic rings. The summed E-state index contributed by atoms with van der Waals surface area (Å²) in [6, 6.07) is 10.3. The van der Waals surface area contributed by atoms with Gasteiger partial charge in [-0.2, -0.15) is 0 Å². The summed E-state index contributed by atoms with van der Waals surface area (Å²) in [6.07, 6.45) is 7.90. The van der Waals surface area contributed by atoms with E-state index in [1.54, 1.807) is 0 Å². The van der Waals surface area contributed by atoms with Crippen LogP contribution in [-0.4, -0.2) is 74.4 Å². The van der Waals surface area contributed by atoms with Crippen LogP contribution in [0.1, 0.15) is 24.8 Å². The molecule has 0 radical (unpaired) electrons. The monoisotopic (exact) mass is 358 g/mol. The molecule has 0 bridgehead atoms. The van der Waals surface area contributed by atoms with Gasteiger partial charge in [0.2, 0.25) is 5.91 Å². The van der Waals surface area contributed by atoms with Gasteiger partial charge in [-0.15, -0.1) is 0 Å². The second-order valence-corrected chi connectivity index (χ2v) is 7.00. The molecular weight excluding hydrogens is 328 g/mol. The zero-order valence-corrected chi connectivity index (χ0v) is 15.5. The lowest BCUT2D eigenvalue weighted by Gasteiger charge is -2.34. The molecule has 26 heavy (non-hydrogen) atoms. The average molecular weight is 358 g/mol. The molecule has 142 valence electrons. The Kier molecular flexibility index (Phi) is 7.67. The van der Waals surface area contributed by atoms with Gasteiger partial charge >= 0.3 is 0 Å². The Morgan fingerprint density at radius 2 is 1.96 bits per heavy atom. The Hall–Kier alpha value is -1.69. The van der Waals surface area contributed by atoms with Crippen LogP contribution in [0, 0.1) is 0 Å². The number of amides is 1. The SMILES string of the molecule is O=C(COCC1CCCCO1)N1CCN(C/C=C/c2ccccc2)CC1. The first-order valence-electron chi connectivity index (χ1n) is 9.72. The minimum absolute atomic E-state index is 0.0975. The Labute approximate surface area is 156 Å². The number of ether oxygens (including phenoxy) is 2. The molecule has 1 aromatic rings. The van der Waals surface area contributed by atoms with Crippen LogP contribution in [0.5, 0.6) is 0 Å². The Balaban J connectivity index is 1.30. The summed E-state index contributed by atoms with van der Waals surface area (Å²) in [4.78, 5) is 16.6. The van der Waals surface area contributed by atoms with E-state index < -0.39 is 0 Å². The number of hydrogen-bond donors (Lipinski definition) is 0. The van der Waals surface area contributed by atoms with E-state index in [1.165, 1.54) is 12.0 Å². The molecular formula is C21H30N2O3. The zero-order chi connectivity index (χ0) is 18.0. The van der Waals surface area contributed by atoms with E-state index >= 15 is 0 Å². The molecule has 0 aromatic heterocycles. The molecule has 1 aromatic carbocycles. The molecule has 2 saturated heterocycles. The van der Waals surface area contributed by atoms with Gasteiger partial charge in [-0.05, 0) is 24.8 Å². The van der Waals surface area contributed by atoms with Crippen LogP contribution >= 0.6 is 0 Å². The number of benzene rings is 1. The largest absolute Gasteiger partial charge is 0.376 e. The van der Waals surface area contributed by atoms with E-state index in [4.69, 9.17) is 9.47 Å². The quantitative estimate of drug-likeness (QED) is 0.751. The summed E-state index contributed by atoms with van der Waals surface area (Å²) in [6.45, 7) is 5.84. The normalized spacial score (nSPS) is 22.0. The molecule has 3 rings (SSSR count). The van der Waals surface area contributed by atoms with Crippen LogP contribution in [0.25, 0.3) is 6.08 Å².